The number of hydrogen-bond acceptors (Lipinski definition) is 8. The number of likely N-dealkylation sites (N-methyl/N-ethyl adjacent to an activating group) is 1. The number of aliphatic carboxylic acids is 1. The van der Waals surface area contributed by atoms with Crippen LogP contribution >= 0.6 is 11.6 Å². The van der Waals surface area contributed by atoms with Crippen molar-refractivity contribution in [2.24, 2.45) is 17.8 Å². The Hall–Kier alpha value is -3.53. The Labute approximate surface area is 331 Å². The van der Waals surface area contributed by atoms with Crippen LogP contribution in [0.5, 0.6) is 17.2 Å². The smallest absolute Gasteiger partial charge is 0.329 e. The highest BCUT2D eigenvalue weighted by molar-refractivity contribution is 6.30. The molecule has 1 spiro atoms. The predicted octanol–water partition coefficient (Wildman–Crippen LogP) is 8.70. The molecule has 8 rings (SSSR count). The molecule has 2 aromatic carbocycles. The molecule has 1 aromatic heterocycles. The molecule has 0 radical (unpaired) electrons. The molecule has 0 amide bonds. The van der Waals surface area contributed by atoms with Gasteiger partial charge in [-0.1, -0.05) is 31.5 Å². The molecule has 2 N–H and O–H groups in total. The zero-order valence-corrected chi connectivity index (χ0v) is 33.5. The van der Waals surface area contributed by atoms with E-state index in [9.17, 15) is 9.90 Å². The molecule has 3 aliphatic carbocycles. The molecule has 5 atom stereocenters. The molecular weight excluding hydrogens is 714 g/mol. The van der Waals surface area contributed by atoms with Crippen LogP contribution in [0.3, 0.4) is 0 Å². The van der Waals surface area contributed by atoms with Crippen LogP contribution < -0.4 is 19.5 Å². The summed E-state index contributed by atoms with van der Waals surface area (Å²) < 4.78 is 25.6. The van der Waals surface area contributed by atoms with Crippen LogP contribution in [0.25, 0.3) is 0 Å². The second-order valence-electron chi connectivity index (χ2n) is 17.5. The van der Waals surface area contributed by atoms with E-state index in [2.05, 4.69) is 48.2 Å². The zero-order chi connectivity index (χ0) is 38.2. The van der Waals surface area contributed by atoms with E-state index >= 15 is 0 Å². The first-order valence-corrected chi connectivity index (χ1v) is 21.1. The number of fused-ring (bicyclic) bond motifs is 4. The van der Waals surface area contributed by atoms with Crippen LogP contribution in [0.4, 0.5) is 5.69 Å². The Balaban J connectivity index is 1.02. The number of pyridine rings is 1. The molecule has 0 bridgehead atoms. The fraction of sp³-hybridized carbons (Fsp3) is 0.600. The van der Waals surface area contributed by atoms with Gasteiger partial charge in [-0.15, -0.1) is 0 Å². The minimum absolute atomic E-state index is 0.186. The van der Waals surface area contributed by atoms with Crippen molar-refractivity contribution in [3.05, 3.63) is 76.1 Å². The van der Waals surface area contributed by atoms with E-state index in [0.29, 0.717) is 61.5 Å². The highest BCUT2D eigenvalue weighted by Crippen LogP contribution is 2.58. The van der Waals surface area contributed by atoms with Crippen molar-refractivity contribution in [3.63, 3.8) is 0 Å². The van der Waals surface area contributed by atoms with Gasteiger partial charge in [0.15, 0.2) is 11.5 Å². The Bertz CT molecular complexity index is 1840. The molecule has 55 heavy (non-hydrogen) atoms. The number of nitrogens with one attached hydrogen (secondary N) is 1. The standard InChI is InChI=1S/C45H58ClN3O6/c1-29(26-53-39-12-17-47-38-11-4-7-30(2)42(38)39)19-33-20-32-21-40-41(55-28-31(27-54-40)24-49(3)25-36-10-6-18-52-36)23-37(32)44(33)13-15-45(16-14-44,43(50)51)48-35-9-5-8-34(46)22-35/h5,8-9,12,17,21-23,29-31,33,36,48H,4,6-7,10-11,13-16,18-20,24-28H2,1-3H3,(H,50,51)/t29-,30-,31?,33+,36?,44?,45?/m1/s1. The molecule has 2 fully saturated rings. The van der Waals surface area contributed by atoms with Crippen molar-refractivity contribution >= 4 is 23.3 Å². The largest absolute Gasteiger partial charge is 0.493 e. The first-order valence-electron chi connectivity index (χ1n) is 20.7. The number of hydrogen-bond donors (Lipinski definition) is 2. The summed E-state index contributed by atoms with van der Waals surface area (Å²) in [5.74, 6) is 3.13. The van der Waals surface area contributed by atoms with E-state index in [0.717, 1.165) is 87.6 Å². The lowest BCUT2D eigenvalue weighted by Gasteiger charge is -2.47. The summed E-state index contributed by atoms with van der Waals surface area (Å²) in [4.78, 5) is 20.1. The quantitative estimate of drug-likeness (QED) is 0.187. The van der Waals surface area contributed by atoms with Crippen molar-refractivity contribution in [2.75, 3.05) is 51.9 Å². The summed E-state index contributed by atoms with van der Waals surface area (Å²) in [5, 5.41) is 14.7. The number of nitrogens with zero attached hydrogens (tertiary/aromatic N) is 2. The van der Waals surface area contributed by atoms with Gasteiger partial charge in [-0.2, -0.15) is 0 Å². The van der Waals surface area contributed by atoms with E-state index in [4.69, 9.17) is 30.5 Å². The van der Waals surface area contributed by atoms with E-state index in [-0.39, 0.29) is 11.3 Å². The lowest BCUT2D eigenvalue weighted by atomic mass is 9.59. The number of anilines is 1. The van der Waals surface area contributed by atoms with Crippen LogP contribution in [0, 0.1) is 17.8 Å². The summed E-state index contributed by atoms with van der Waals surface area (Å²) in [7, 11) is 2.16. The number of rotatable bonds is 12. The van der Waals surface area contributed by atoms with Gasteiger partial charge in [0.1, 0.15) is 11.3 Å². The molecule has 1 saturated carbocycles. The molecule has 5 aliphatic rings. The normalized spacial score (nSPS) is 29.0. The highest BCUT2D eigenvalue weighted by Gasteiger charge is 2.54. The third-order valence-electron chi connectivity index (χ3n) is 13.4. The number of carboxylic acids is 1. The maximum absolute atomic E-state index is 13.1. The van der Waals surface area contributed by atoms with Gasteiger partial charge >= 0.3 is 5.97 Å². The number of aryl methyl sites for hydroxylation is 1. The number of ether oxygens (including phenoxy) is 4. The average molecular weight is 772 g/mol. The molecule has 9 nitrogen and oxygen atoms in total. The minimum Gasteiger partial charge on any atom is -0.493 e. The van der Waals surface area contributed by atoms with E-state index < -0.39 is 11.5 Å². The van der Waals surface area contributed by atoms with Gasteiger partial charge in [0.25, 0.3) is 0 Å². The Morgan fingerprint density at radius 1 is 1.07 bits per heavy atom. The van der Waals surface area contributed by atoms with Crippen molar-refractivity contribution in [1.82, 2.24) is 9.88 Å². The third kappa shape index (κ3) is 8.04. The Morgan fingerprint density at radius 2 is 1.87 bits per heavy atom. The average Bonchev–Trinajstić information content (AvgIpc) is 3.72. The second kappa shape index (κ2) is 16.1. The van der Waals surface area contributed by atoms with Gasteiger partial charge in [0.2, 0.25) is 0 Å². The van der Waals surface area contributed by atoms with Crippen LogP contribution in [0.2, 0.25) is 5.02 Å². The van der Waals surface area contributed by atoms with E-state index in [1.807, 2.05) is 36.5 Å². The predicted molar refractivity (Wildman–Crippen MR) is 215 cm³/mol. The van der Waals surface area contributed by atoms with Crippen LogP contribution in [-0.2, 0) is 27.8 Å². The maximum atomic E-state index is 13.1. The first kappa shape index (κ1) is 38.3. The Kier molecular flexibility index (Phi) is 11.3. The third-order valence-corrected chi connectivity index (χ3v) is 13.6. The monoisotopic (exact) mass is 771 g/mol. The molecule has 3 aromatic rings. The van der Waals surface area contributed by atoms with Crippen molar-refractivity contribution in [2.45, 2.75) is 107 Å². The SMILES string of the molecule is C[C@@H](COc1ccnc2c1[C@H](C)CCC2)C[C@H]1Cc2cc3c(cc2C12CCC(Nc1cccc(Cl)c1)(C(=O)O)CC2)OCC(CN(C)CC1CCCO1)CO3. The minimum atomic E-state index is -1.08. The van der Waals surface area contributed by atoms with Gasteiger partial charge in [-0.25, -0.2) is 4.79 Å². The highest BCUT2D eigenvalue weighted by atomic mass is 35.5. The lowest BCUT2D eigenvalue weighted by Crippen LogP contribution is -2.53. The van der Waals surface area contributed by atoms with Gasteiger partial charge < -0.3 is 34.3 Å². The summed E-state index contributed by atoms with van der Waals surface area (Å²) in [6.45, 7) is 9.11. The molecule has 1 saturated heterocycles. The number of carbonyl (C=O) groups is 1. The molecular formula is C45H58ClN3O6. The summed E-state index contributed by atoms with van der Waals surface area (Å²) >= 11 is 6.32. The Morgan fingerprint density at radius 3 is 2.62 bits per heavy atom. The maximum Gasteiger partial charge on any atom is 0.329 e. The number of halogens is 1. The fourth-order valence-corrected chi connectivity index (χ4v) is 10.7. The number of benzene rings is 2. The second-order valence-corrected chi connectivity index (χ2v) is 17.9. The van der Waals surface area contributed by atoms with Gasteiger partial charge in [-0.3, -0.25) is 4.98 Å². The topological polar surface area (TPSA) is 102 Å². The summed E-state index contributed by atoms with van der Waals surface area (Å²) in [5.41, 5.74) is 4.55. The molecule has 2 unspecified atom stereocenters. The van der Waals surface area contributed by atoms with Crippen molar-refractivity contribution < 1.29 is 28.8 Å². The number of aromatic nitrogens is 1. The molecule has 296 valence electrons. The summed E-state index contributed by atoms with van der Waals surface area (Å²) in [6.07, 6.45) is 12.3. The van der Waals surface area contributed by atoms with Crippen molar-refractivity contribution in [1.29, 1.82) is 0 Å². The van der Waals surface area contributed by atoms with Crippen LogP contribution in [-0.4, -0.2) is 79.2 Å². The molecule has 3 heterocycles. The van der Waals surface area contributed by atoms with Gasteiger partial charge in [-0.05, 0) is 148 Å². The molecule has 10 heteroatoms. The first-order chi connectivity index (χ1) is 26.6. The molecule has 2 aliphatic heterocycles. The summed E-state index contributed by atoms with van der Waals surface area (Å²) in [6, 6.07) is 13.9. The van der Waals surface area contributed by atoms with Crippen LogP contribution in [0.15, 0.2) is 48.7 Å². The fourth-order valence-electron chi connectivity index (χ4n) is 10.6. The van der Waals surface area contributed by atoms with Crippen molar-refractivity contribution in [3.8, 4) is 17.2 Å². The van der Waals surface area contributed by atoms with Gasteiger partial charge in [0, 0.05) is 53.8 Å². The van der Waals surface area contributed by atoms with Crippen LogP contribution in [0.1, 0.15) is 99.9 Å². The lowest BCUT2D eigenvalue weighted by molar-refractivity contribution is -0.144. The van der Waals surface area contributed by atoms with Gasteiger partial charge in [0.05, 0.1) is 25.9 Å². The zero-order valence-electron chi connectivity index (χ0n) is 32.8. The van der Waals surface area contributed by atoms with E-state index in [1.54, 1.807) is 0 Å². The number of carboxylic acid groups (broad SMARTS) is 1. The van der Waals surface area contributed by atoms with E-state index in [1.165, 1.54) is 35.2 Å².